The van der Waals surface area contributed by atoms with Gasteiger partial charge in [-0.2, -0.15) is 13.2 Å². The van der Waals surface area contributed by atoms with Crippen LogP contribution < -0.4 is 11.2 Å². The van der Waals surface area contributed by atoms with Gasteiger partial charge in [-0.25, -0.2) is 13.8 Å². The van der Waals surface area contributed by atoms with E-state index >= 15 is 0 Å². The molecule has 0 radical (unpaired) electrons. The van der Waals surface area contributed by atoms with Crippen molar-refractivity contribution in [3.05, 3.63) is 55.6 Å². The molecule has 1 heterocycles. The number of hydrogen-bond acceptors (Lipinski definition) is 4. The van der Waals surface area contributed by atoms with E-state index in [-0.39, 0.29) is 25.1 Å². The van der Waals surface area contributed by atoms with Crippen LogP contribution in [0.1, 0.15) is 18.5 Å². The Hall–Kier alpha value is -2.27. The lowest BCUT2D eigenvalue weighted by Gasteiger charge is -2.16. The summed E-state index contributed by atoms with van der Waals surface area (Å²) in [6, 6.07) is 1.95. The van der Waals surface area contributed by atoms with Gasteiger partial charge in [0.25, 0.3) is 5.56 Å². The number of alkyl halides is 3. The number of carboxylic acids is 1. The Balaban J connectivity index is 2.19. The summed E-state index contributed by atoms with van der Waals surface area (Å²) >= 11 is 6.78. The van der Waals surface area contributed by atoms with Crippen LogP contribution in [0.3, 0.4) is 0 Å². The van der Waals surface area contributed by atoms with E-state index in [2.05, 4.69) is 0 Å². The summed E-state index contributed by atoms with van der Waals surface area (Å²) in [5.41, 5.74) is -4.89. The fraction of sp³-hybridized carbons (Fsp3) is 0.312. The van der Waals surface area contributed by atoms with E-state index in [0.29, 0.717) is 12.8 Å². The molecule has 12 heteroatoms. The SMILES string of the molecule is Cn1c(C(F)(F)F)cc(=O)n(-c2cc(SC3(C(=O)O)CC3)c(Cl)cc2F)c1=O. The number of benzene rings is 1. The summed E-state index contributed by atoms with van der Waals surface area (Å²) in [6.45, 7) is 0. The standard InChI is InChI=1S/C16H11ClF4N2O4S/c1-22-11(16(19,20)21)6-12(24)23(14(22)27)9-5-10(7(17)4-8(9)18)28-15(2-3-15)13(25)26/h4-6H,2-3H2,1H3,(H,25,26). The predicted octanol–water partition coefficient (Wildman–Crippen LogP) is 3.06. The first-order valence-electron chi connectivity index (χ1n) is 7.69. The Kier molecular flexibility index (Phi) is 4.87. The van der Waals surface area contributed by atoms with Crippen molar-refractivity contribution in [2.24, 2.45) is 7.05 Å². The van der Waals surface area contributed by atoms with E-state index in [4.69, 9.17) is 11.6 Å². The maximum Gasteiger partial charge on any atom is 0.431 e. The molecule has 2 aromatic rings. The van der Waals surface area contributed by atoms with Gasteiger partial charge in [-0.05, 0) is 25.0 Å². The first kappa shape index (κ1) is 20.5. The van der Waals surface area contributed by atoms with Crippen LogP contribution in [-0.2, 0) is 18.0 Å². The van der Waals surface area contributed by atoms with Gasteiger partial charge >= 0.3 is 17.8 Å². The summed E-state index contributed by atoms with van der Waals surface area (Å²) in [4.78, 5) is 35.9. The van der Waals surface area contributed by atoms with Crippen LogP contribution in [0.2, 0.25) is 5.02 Å². The molecule has 1 aromatic heterocycles. The fourth-order valence-electron chi connectivity index (χ4n) is 2.57. The molecular weight excluding hydrogens is 428 g/mol. The fourth-order valence-corrected chi connectivity index (χ4v) is 3.98. The van der Waals surface area contributed by atoms with Gasteiger partial charge in [0.15, 0.2) is 0 Å². The van der Waals surface area contributed by atoms with Crippen LogP contribution in [0.4, 0.5) is 17.6 Å². The molecule has 0 saturated heterocycles. The lowest BCUT2D eigenvalue weighted by atomic mass is 10.3. The molecule has 6 nitrogen and oxygen atoms in total. The molecule has 1 aromatic carbocycles. The number of aliphatic carboxylic acids is 1. The minimum absolute atomic E-state index is 0.0896. The van der Waals surface area contributed by atoms with Gasteiger partial charge in [0.05, 0.1) is 10.7 Å². The third kappa shape index (κ3) is 3.44. The number of thioether (sulfide) groups is 1. The van der Waals surface area contributed by atoms with Crippen molar-refractivity contribution in [2.45, 2.75) is 28.7 Å². The molecule has 1 aliphatic carbocycles. The molecule has 0 atom stereocenters. The minimum atomic E-state index is -4.95. The second-order valence-electron chi connectivity index (χ2n) is 6.18. The Labute approximate surface area is 163 Å². The van der Waals surface area contributed by atoms with Gasteiger partial charge in [-0.3, -0.25) is 14.2 Å². The van der Waals surface area contributed by atoms with Crippen LogP contribution in [0.5, 0.6) is 0 Å². The van der Waals surface area contributed by atoms with E-state index in [1.807, 2.05) is 0 Å². The molecule has 1 aliphatic rings. The van der Waals surface area contributed by atoms with Gasteiger partial charge in [-0.15, -0.1) is 11.8 Å². The van der Waals surface area contributed by atoms with E-state index in [0.717, 1.165) is 30.9 Å². The molecule has 0 aliphatic heterocycles. The lowest BCUT2D eigenvalue weighted by molar-refractivity contribution is -0.144. The zero-order valence-electron chi connectivity index (χ0n) is 14.0. The zero-order valence-corrected chi connectivity index (χ0v) is 15.6. The van der Waals surface area contributed by atoms with Gasteiger partial charge in [0.1, 0.15) is 16.3 Å². The summed E-state index contributed by atoms with van der Waals surface area (Å²) in [5, 5.41) is 9.13. The predicted molar refractivity (Wildman–Crippen MR) is 92.7 cm³/mol. The number of nitrogens with zero attached hydrogens (tertiary/aromatic N) is 2. The molecule has 1 saturated carbocycles. The largest absolute Gasteiger partial charge is 0.480 e. The zero-order chi connectivity index (χ0) is 21.0. The maximum absolute atomic E-state index is 14.4. The highest BCUT2D eigenvalue weighted by Crippen LogP contribution is 2.53. The average Bonchev–Trinajstić information content (AvgIpc) is 3.35. The average molecular weight is 439 g/mol. The van der Waals surface area contributed by atoms with Crippen LogP contribution >= 0.6 is 23.4 Å². The Bertz CT molecular complexity index is 1110. The molecule has 150 valence electrons. The molecule has 0 unspecified atom stereocenters. The Morgan fingerprint density at radius 2 is 1.86 bits per heavy atom. The molecule has 1 N–H and O–H groups in total. The van der Waals surface area contributed by atoms with Crippen LogP contribution in [-0.4, -0.2) is 25.0 Å². The maximum atomic E-state index is 14.4. The highest BCUT2D eigenvalue weighted by molar-refractivity contribution is 8.01. The first-order valence-corrected chi connectivity index (χ1v) is 8.89. The van der Waals surface area contributed by atoms with Crippen molar-refractivity contribution in [1.29, 1.82) is 0 Å². The minimum Gasteiger partial charge on any atom is -0.480 e. The quantitative estimate of drug-likeness (QED) is 0.742. The van der Waals surface area contributed by atoms with Crippen molar-refractivity contribution >= 4 is 29.3 Å². The number of carbonyl (C=O) groups is 1. The first-order chi connectivity index (χ1) is 12.9. The monoisotopic (exact) mass is 438 g/mol. The smallest absolute Gasteiger partial charge is 0.431 e. The second-order valence-corrected chi connectivity index (χ2v) is 8.01. The van der Waals surface area contributed by atoms with E-state index in [1.54, 1.807) is 0 Å². The number of hydrogen-bond donors (Lipinski definition) is 1. The molecule has 0 bridgehead atoms. The third-order valence-electron chi connectivity index (χ3n) is 4.25. The lowest BCUT2D eigenvalue weighted by Crippen LogP contribution is -2.41. The highest BCUT2D eigenvalue weighted by Gasteiger charge is 2.51. The van der Waals surface area contributed by atoms with Gasteiger partial charge in [0, 0.05) is 18.0 Å². The Morgan fingerprint density at radius 3 is 2.36 bits per heavy atom. The second kappa shape index (κ2) is 6.66. The summed E-state index contributed by atoms with van der Waals surface area (Å²) in [7, 11) is 0.800. The molecule has 0 spiro atoms. The molecule has 3 rings (SSSR count). The van der Waals surface area contributed by atoms with Crippen LogP contribution in [0.15, 0.2) is 32.7 Å². The number of halogens is 5. The van der Waals surface area contributed by atoms with E-state index in [9.17, 15) is 37.1 Å². The molecular formula is C16H11ClF4N2O4S. The number of carboxylic acid groups (broad SMARTS) is 1. The van der Waals surface area contributed by atoms with Crippen LogP contribution in [0.25, 0.3) is 5.69 Å². The van der Waals surface area contributed by atoms with Gasteiger partial charge in [0.2, 0.25) is 0 Å². The third-order valence-corrected chi connectivity index (χ3v) is 6.21. The van der Waals surface area contributed by atoms with Gasteiger partial charge in [-0.1, -0.05) is 11.6 Å². The van der Waals surface area contributed by atoms with Crippen molar-refractivity contribution in [2.75, 3.05) is 0 Å². The van der Waals surface area contributed by atoms with Crippen LogP contribution in [0, 0.1) is 5.82 Å². The topological polar surface area (TPSA) is 81.3 Å². The van der Waals surface area contributed by atoms with Gasteiger partial charge < -0.3 is 5.11 Å². The number of aromatic nitrogens is 2. The highest BCUT2D eigenvalue weighted by atomic mass is 35.5. The van der Waals surface area contributed by atoms with Crippen molar-refractivity contribution in [3.8, 4) is 5.69 Å². The van der Waals surface area contributed by atoms with E-state index < -0.39 is 45.3 Å². The normalized spacial score (nSPS) is 15.5. The van der Waals surface area contributed by atoms with Crippen molar-refractivity contribution in [1.82, 2.24) is 9.13 Å². The molecule has 28 heavy (non-hydrogen) atoms. The summed E-state index contributed by atoms with van der Waals surface area (Å²) in [5.74, 6) is -2.21. The van der Waals surface area contributed by atoms with E-state index in [1.165, 1.54) is 0 Å². The Morgan fingerprint density at radius 1 is 1.25 bits per heavy atom. The molecule has 0 amide bonds. The molecule has 1 fully saturated rings. The summed E-state index contributed by atoms with van der Waals surface area (Å²) in [6.07, 6.45) is -4.26. The summed E-state index contributed by atoms with van der Waals surface area (Å²) < 4.78 is 52.5. The van der Waals surface area contributed by atoms with Crippen molar-refractivity contribution < 1.29 is 27.5 Å². The number of rotatable bonds is 4. The van der Waals surface area contributed by atoms with Crippen molar-refractivity contribution in [3.63, 3.8) is 0 Å².